The summed E-state index contributed by atoms with van der Waals surface area (Å²) in [5.41, 5.74) is 5.63. The zero-order chi connectivity index (χ0) is 14.0. The quantitative estimate of drug-likeness (QED) is 0.848. The lowest BCUT2D eigenvalue weighted by molar-refractivity contribution is 0.0697. The van der Waals surface area contributed by atoms with Gasteiger partial charge in [-0.2, -0.15) is 0 Å². The number of ether oxygens (including phenoxy) is 1. The Kier molecular flexibility index (Phi) is 3.78. The average Bonchev–Trinajstić information content (AvgIpc) is 2.34. The number of anilines is 1. The molecule has 0 aliphatic heterocycles. The van der Waals surface area contributed by atoms with Gasteiger partial charge in [-0.15, -0.1) is 0 Å². The number of nitrogens with zero attached hydrogens (tertiary/aromatic N) is 1. The van der Waals surface area contributed by atoms with E-state index in [9.17, 15) is 4.79 Å². The number of aromatic nitrogens is 1. The zero-order valence-electron chi connectivity index (χ0n) is 9.43. The molecule has 0 saturated carbocycles. The minimum atomic E-state index is -1.14. The van der Waals surface area contributed by atoms with E-state index in [0.717, 1.165) is 0 Å². The molecule has 0 bridgehead atoms. The topological polar surface area (TPSA) is 85.4 Å². The summed E-state index contributed by atoms with van der Waals surface area (Å²) >= 11 is 11.6. The summed E-state index contributed by atoms with van der Waals surface area (Å²) in [7, 11) is 0. The summed E-state index contributed by atoms with van der Waals surface area (Å²) in [6.07, 6.45) is 1.37. The van der Waals surface area contributed by atoms with Crippen molar-refractivity contribution in [2.24, 2.45) is 0 Å². The number of hydrogen-bond acceptors (Lipinski definition) is 4. The molecular formula is C12H8Cl2N2O3. The van der Waals surface area contributed by atoms with E-state index in [1.54, 1.807) is 0 Å². The standard InChI is InChI=1S/C12H8Cl2N2O3/c13-6-3-9(14)11(16-5-6)19-7-1-2-10(15)8(4-7)12(17)18/h1-5H,15H2,(H,17,18). The van der Waals surface area contributed by atoms with Crippen LogP contribution in [0.15, 0.2) is 30.5 Å². The number of carboxylic acids is 1. The summed E-state index contributed by atoms with van der Waals surface area (Å²) in [6.45, 7) is 0. The molecule has 0 fully saturated rings. The van der Waals surface area contributed by atoms with Crippen molar-refractivity contribution in [1.29, 1.82) is 0 Å². The van der Waals surface area contributed by atoms with Gasteiger partial charge in [0.2, 0.25) is 5.88 Å². The Labute approximate surface area is 118 Å². The molecule has 1 aromatic carbocycles. The minimum Gasteiger partial charge on any atom is -0.478 e. The fourth-order valence-electron chi connectivity index (χ4n) is 1.37. The molecule has 0 radical (unpaired) electrons. The summed E-state index contributed by atoms with van der Waals surface area (Å²) in [5.74, 6) is -0.742. The van der Waals surface area contributed by atoms with Gasteiger partial charge in [0, 0.05) is 11.9 Å². The van der Waals surface area contributed by atoms with Gasteiger partial charge in [-0.1, -0.05) is 23.2 Å². The highest BCUT2D eigenvalue weighted by molar-refractivity contribution is 6.35. The number of aromatic carboxylic acids is 1. The molecular weight excluding hydrogens is 291 g/mol. The van der Waals surface area contributed by atoms with E-state index in [1.165, 1.54) is 30.5 Å². The molecule has 19 heavy (non-hydrogen) atoms. The van der Waals surface area contributed by atoms with Crippen LogP contribution in [0.5, 0.6) is 11.6 Å². The molecule has 0 unspecified atom stereocenters. The monoisotopic (exact) mass is 298 g/mol. The molecule has 1 heterocycles. The van der Waals surface area contributed by atoms with Crippen LogP contribution < -0.4 is 10.5 Å². The van der Waals surface area contributed by atoms with Crippen LogP contribution in [-0.2, 0) is 0 Å². The molecule has 7 heteroatoms. The van der Waals surface area contributed by atoms with Crippen LogP contribution in [0.4, 0.5) is 5.69 Å². The van der Waals surface area contributed by atoms with Gasteiger partial charge in [-0.05, 0) is 24.3 Å². The van der Waals surface area contributed by atoms with Crippen molar-refractivity contribution in [2.45, 2.75) is 0 Å². The maximum Gasteiger partial charge on any atom is 0.337 e. The number of benzene rings is 1. The van der Waals surface area contributed by atoms with Crippen LogP contribution in [0.1, 0.15) is 10.4 Å². The fourth-order valence-corrected chi connectivity index (χ4v) is 1.79. The third-order valence-corrected chi connectivity index (χ3v) is 2.72. The maximum absolute atomic E-state index is 10.9. The van der Waals surface area contributed by atoms with Gasteiger partial charge in [0.15, 0.2) is 0 Å². The van der Waals surface area contributed by atoms with Gasteiger partial charge in [-0.25, -0.2) is 9.78 Å². The summed E-state index contributed by atoms with van der Waals surface area (Å²) < 4.78 is 5.39. The molecule has 3 N–H and O–H groups in total. The Hall–Kier alpha value is -1.98. The largest absolute Gasteiger partial charge is 0.478 e. The second-order valence-corrected chi connectivity index (χ2v) is 4.44. The number of nitrogen functional groups attached to an aromatic ring is 1. The highest BCUT2D eigenvalue weighted by Crippen LogP contribution is 2.30. The minimum absolute atomic E-state index is 0.0532. The Morgan fingerprint density at radius 1 is 1.32 bits per heavy atom. The van der Waals surface area contributed by atoms with E-state index >= 15 is 0 Å². The first-order valence-electron chi connectivity index (χ1n) is 5.09. The molecule has 2 aromatic rings. The molecule has 2 rings (SSSR count). The smallest absolute Gasteiger partial charge is 0.337 e. The van der Waals surface area contributed by atoms with E-state index in [-0.39, 0.29) is 27.9 Å². The fraction of sp³-hybridized carbons (Fsp3) is 0. The number of pyridine rings is 1. The lowest BCUT2D eigenvalue weighted by Crippen LogP contribution is -2.02. The van der Waals surface area contributed by atoms with Crippen molar-refractivity contribution in [3.8, 4) is 11.6 Å². The molecule has 0 spiro atoms. The number of halogens is 2. The Morgan fingerprint density at radius 2 is 2.05 bits per heavy atom. The van der Waals surface area contributed by atoms with Crippen LogP contribution in [-0.4, -0.2) is 16.1 Å². The van der Waals surface area contributed by atoms with Gasteiger partial charge in [-0.3, -0.25) is 0 Å². The van der Waals surface area contributed by atoms with E-state index in [2.05, 4.69) is 4.98 Å². The third-order valence-electron chi connectivity index (χ3n) is 2.24. The Balaban J connectivity index is 2.33. The van der Waals surface area contributed by atoms with Crippen LogP contribution >= 0.6 is 23.2 Å². The molecule has 98 valence electrons. The predicted octanol–water partition coefficient (Wildman–Crippen LogP) is 3.46. The first-order chi connectivity index (χ1) is 8.97. The van der Waals surface area contributed by atoms with Crippen molar-refractivity contribution in [1.82, 2.24) is 4.98 Å². The molecule has 0 atom stereocenters. The molecule has 0 aliphatic carbocycles. The van der Waals surface area contributed by atoms with Crippen LogP contribution in [0.3, 0.4) is 0 Å². The summed E-state index contributed by atoms with van der Waals surface area (Å²) in [6, 6.07) is 5.72. The van der Waals surface area contributed by atoms with Crippen LogP contribution in [0.25, 0.3) is 0 Å². The normalized spacial score (nSPS) is 10.2. The van der Waals surface area contributed by atoms with Gasteiger partial charge >= 0.3 is 5.97 Å². The van der Waals surface area contributed by atoms with Crippen LogP contribution in [0.2, 0.25) is 10.0 Å². The van der Waals surface area contributed by atoms with Crippen molar-refractivity contribution in [3.05, 3.63) is 46.1 Å². The molecule has 0 saturated heterocycles. The summed E-state index contributed by atoms with van der Waals surface area (Å²) in [5, 5.41) is 9.55. The van der Waals surface area contributed by atoms with E-state index in [1.807, 2.05) is 0 Å². The number of carbonyl (C=O) groups is 1. The van der Waals surface area contributed by atoms with Crippen molar-refractivity contribution in [2.75, 3.05) is 5.73 Å². The number of hydrogen-bond donors (Lipinski definition) is 2. The lowest BCUT2D eigenvalue weighted by atomic mass is 10.2. The second kappa shape index (κ2) is 5.34. The van der Waals surface area contributed by atoms with E-state index < -0.39 is 5.97 Å². The van der Waals surface area contributed by atoms with Crippen molar-refractivity contribution >= 4 is 34.9 Å². The van der Waals surface area contributed by atoms with Gasteiger partial charge in [0.1, 0.15) is 10.8 Å². The highest BCUT2D eigenvalue weighted by atomic mass is 35.5. The molecule has 0 amide bonds. The Bertz CT molecular complexity index is 647. The molecule has 5 nitrogen and oxygen atoms in total. The van der Waals surface area contributed by atoms with Gasteiger partial charge in [0.05, 0.1) is 10.6 Å². The third kappa shape index (κ3) is 3.07. The van der Waals surface area contributed by atoms with Gasteiger partial charge < -0.3 is 15.6 Å². The van der Waals surface area contributed by atoms with E-state index in [4.69, 9.17) is 38.8 Å². The first kappa shape index (κ1) is 13.5. The SMILES string of the molecule is Nc1ccc(Oc2ncc(Cl)cc2Cl)cc1C(=O)O. The van der Waals surface area contributed by atoms with Crippen LogP contribution in [0, 0.1) is 0 Å². The number of rotatable bonds is 3. The number of carboxylic acid groups (broad SMARTS) is 1. The van der Waals surface area contributed by atoms with Gasteiger partial charge in [0.25, 0.3) is 0 Å². The Morgan fingerprint density at radius 3 is 2.68 bits per heavy atom. The summed E-state index contributed by atoms with van der Waals surface area (Å²) in [4.78, 5) is 14.8. The highest BCUT2D eigenvalue weighted by Gasteiger charge is 2.11. The zero-order valence-corrected chi connectivity index (χ0v) is 10.9. The van der Waals surface area contributed by atoms with Crippen molar-refractivity contribution in [3.63, 3.8) is 0 Å². The van der Waals surface area contributed by atoms with E-state index in [0.29, 0.717) is 5.02 Å². The molecule has 1 aromatic heterocycles. The predicted molar refractivity (Wildman–Crippen MR) is 72.1 cm³/mol. The van der Waals surface area contributed by atoms with Crippen molar-refractivity contribution < 1.29 is 14.6 Å². The first-order valence-corrected chi connectivity index (χ1v) is 5.84. The molecule has 0 aliphatic rings. The lowest BCUT2D eigenvalue weighted by Gasteiger charge is -2.08. The second-order valence-electron chi connectivity index (χ2n) is 3.60. The maximum atomic E-state index is 10.9. The average molecular weight is 299 g/mol. The number of nitrogens with two attached hydrogens (primary N) is 1.